The minimum atomic E-state index is -0.383. The molecule has 0 aliphatic heterocycles. The smallest absolute Gasteiger partial charge is 0.309 e. The van der Waals surface area contributed by atoms with E-state index in [2.05, 4.69) is 42.6 Å². The molecule has 0 unspecified atom stereocenters. The van der Waals surface area contributed by atoms with E-state index in [1.54, 1.807) is 17.5 Å². The summed E-state index contributed by atoms with van der Waals surface area (Å²) in [5.41, 5.74) is 1.42. The normalized spacial score (nSPS) is 14.4. The van der Waals surface area contributed by atoms with Crippen molar-refractivity contribution in [3.8, 4) is 0 Å². The first-order valence-corrected chi connectivity index (χ1v) is 13.6. The Bertz CT molecular complexity index is 992. The molecule has 4 atom stereocenters. The van der Waals surface area contributed by atoms with Gasteiger partial charge in [0, 0.05) is 17.5 Å². The Balaban J connectivity index is 2.17. The zero-order valence-electron chi connectivity index (χ0n) is 22.4. The van der Waals surface area contributed by atoms with Crippen molar-refractivity contribution >= 4 is 23.2 Å². The SMILES string of the molecule is C=CCOC(=O)[C@@H](C)C[C@H](Cc1ccccc1)NC(=O)c1csc([C@@H](C[C@@H](NC)C(C)C)OCC=C)n1. The number of nitrogens with one attached hydrogen (secondary N) is 2. The highest BCUT2D eigenvalue weighted by Gasteiger charge is 2.26. The molecule has 1 amide bonds. The summed E-state index contributed by atoms with van der Waals surface area (Å²) in [6.07, 6.45) is 4.78. The van der Waals surface area contributed by atoms with Crippen molar-refractivity contribution in [1.29, 1.82) is 0 Å². The highest BCUT2D eigenvalue weighted by atomic mass is 32.1. The topological polar surface area (TPSA) is 89.5 Å². The van der Waals surface area contributed by atoms with E-state index in [9.17, 15) is 9.59 Å². The fourth-order valence-electron chi connectivity index (χ4n) is 4.08. The van der Waals surface area contributed by atoms with Crippen LogP contribution in [0.5, 0.6) is 0 Å². The van der Waals surface area contributed by atoms with Crippen LogP contribution in [-0.2, 0) is 20.7 Å². The van der Waals surface area contributed by atoms with E-state index in [1.165, 1.54) is 11.3 Å². The van der Waals surface area contributed by atoms with Gasteiger partial charge in [-0.05, 0) is 37.8 Å². The molecule has 2 aromatic rings. The number of aromatic nitrogens is 1. The van der Waals surface area contributed by atoms with Gasteiger partial charge in [-0.25, -0.2) is 4.98 Å². The molecule has 0 fully saturated rings. The minimum Gasteiger partial charge on any atom is -0.461 e. The van der Waals surface area contributed by atoms with E-state index >= 15 is 0 Å². The molecule has 7 nitrogen and oxygen atoms in total. The summed E-state index contributed by atoms with van der Waals surface area (Å²) in [5.74, 6) is -0.547. The third-order valence-electron chi connectivity index (χ3n) is 6.13. The molecular weight excluding hydrogens is 486 g/mol. The summed E-state index contributed by atoms with van der Waals surface area (Å²) in [6, 6.07) is 9.86. The molecule has 8 heteroatoms. The van der Waals surface area contributed by atoms with Crippen LogP contribution in [0.3, 0.4) is 0 Å². The molecule has 1 aromatic carbocycles. The summed E-state index contributed by atoms with van der Waals surface area (Å²) in [7, 11) is 1.94. The number of thiazole rings is 1. The zero-order valence-corrected chi connectivity index (χ0v) is 23.3. The predicted octanol–water partition coefficient (Wildman–Crippen LogP) is 5.12. The van der Waals surface area contributed by atoms with Crippen molar-refractivity contribution in [1.82, 2.24) is 15.6 Å². The maximum Gasteiger partial charge on any atom is 0.309 e. The van der Waals surface area contributed by atoms with E-state index in [1.807, 2.05) is 44.3 Å². The molecule has 1 heterocycles. The molecular formula is C29H41N3O4S. The number of ether oxygens (including phenoxy) is 2. The second kappa shape index (κ2) is 16.1. The Kier molecular flexibility index (Phi) is 13.3. The summed E-state index contributed by atoms with van der Waals surface area (Å²) >= 11 is 1.42. The van der Waals surface area contributed by atoms with Crippen molar-refractivity contribution < 1.29 is 19.1 Å². The number of esters is 1. The third-order valence-corrected chi connectivity index (χ3v) is 7.07. The van der Waals surface area contributed by atoms with Crippen molar-refractivity contribution in [2.45, 2.75) is 58.2 Å². The van der Waals surface area contributed by atoms with Crippen LogP contribution in [0.25, 0.3) is 0 Å². The molecule has 0 radical (unpaired) electrons. The van der Waals surface area contributed by atoms with Gasteiger partial charge in [-0.15, -0.1) is 17.9 Å². The molecule has 2 rings (SSSR count). The number of hydrogen-bond acceptors (Lipinski definition) is 7. The minimum absolute atomic E-state index is 0.167. The lowest BCUT2D eigenvalue weighted by atomic mass is 9.96. The first-order valence-electron chi connectivity index (χ1n) is 12.8. The second-order valence-electron chi connectivity index (χ2n) is 9.47. The summed E-state index contributed by atoms with van der Waals surface area (Å²) in [4.78, 5) is 30.2. The molecule has 0 spiro atoms. The Morgan fingerprint density at radius 2 is 1.78 bits per heavy atom. The number of amides is 1. The molecule has 37 heavy (non-hydrogen) atoms. The first-order chi connectivity index (χ1) is 17.8. The first kappa shape index (κ1) is 30.4. The molecule has 0 bridgehead atoms. The summed E-state index contributed by atoms with van der Waals surface area (Å²) < 4.78 is 11.2. The van der Waals surface area contributed by atoms with Crippen molar-refractivity contribution in [3.05, 3.63) is 77.3 Å². The van der Waals surface area contributed by atoms with Gasteiger partial charge in [0.25, 0.3) is 5.91 Å². The fraction of sp³-hybridized carbons (Fsp3) is 0.483. The molecule has 0 saturated heterocycles. The third kappa shape index (κ3) is 10.2. The molecule has 0 aliphatic rings. The lowest BCUT2D eigenvalue weighted by Gasteiger charge is -2.25. The van der Waals surface area contributed by atoms with Gasteiger partial charge in [0.05, 0.1) is 12.5 Å². The van der Waals surface area contributed by atoms with E-state index in [0.29, 0.717) is 31.1 Å². The van der Waals surface area contributed by atoms with Gasteiger partial charge in [-0.1, -0.05) is 69.8 Å². The van der Waals surface area contributed by atoms with Gasteiger partial charge >= 0.3 is 5.97 Å². The fourth-order valence-corrected chi connectivity index (χ4v) is 4.93. The van der Waals surface area contributed by atoms with E-state index in [4.69, 9.17) is 9.47 Å². The summed E-state index contributed by atoms with van der Waals surface area (Å²) in [6.45, 7) is 14.0. The van der Waals surface area contributed by atoms with Gasteiger partial charge in [0.15, 0.2) is 0 Å². The van der Waals surface area contributed by atoms with Gasteiger partial charge in [-0.3, -0.25) is 9.59 Å². The monoisotopic (exact) mass is 527 g/mol. The Hall–Kier alpha value is -2.81. The molecule has 0 aliphatic carbocycles. The number of nitrogens with zero attached hydrogens (tertiary/aromatic N) is 1. The predicted molar refractivity (Wildman–Crippen MR) is 150 cm³/mol. The Morgan fingerprint density at radius 1 is 1.08 bits per heavy atom. The average molecular weight is 528 g/mol. The van der Waals surface area contributed by atoms with E-state index in [-0.39, 0.29) is 42.6 Å². The van der Waals surface area contributed by atoms with Gasteiger partial charge < -0.3 is 20.1 Å². The molecule has 0 saturated carbocycles. The second-order valence-corrected chi connectivity index (χ2v) is 10.4. The lowest BCUT2D eigenvalue weighted by molar-refractivity contribution is -0.147. The zero-order chi connectivity index (χ0) is 27.2. The Labute approximate surface area is 225 Å². The van der Waals surface area contributed by atoms with Crippen LogP contribution in [0.15, 0.2) is 61.0 Å². The van der Waals surface area contributed by atoms with Gasteiger partial charge in [0.1, 0.15) is 23.4 Å². The van der Waals surface area contributed by atoms with Crippen LogP contribution in [0, 0.1) is 11.8 Å². The van der Waals surface area contributed by atoms with Crippen LogP contribution in [0.2, 0.25) is 0 Å². The number of rotatable bonds is 17. The standard InChI is InChI=1S/C29H41N3O4S/c1-7-14-35-26(18-24(30-6)20(3)4)28-32-25(19-37-28)27(33)31-23(17-22-12-10-9-11-13-22)16-21(5)29(34)36-15-8-2/h7-13,19-21,23-24,26,30H,1-2,14-18H2,3-6H3,(H,31,33)/t21-,23+,24+,26+/m0/s1. The summed E-state index contributed by atoms with van der Waals surface area (Å²) in [5, 5.41) is 8.96. The molecule has 2 N–H and O–H groups in total. The Morgan fingerprint density at radius 3 is 2.41 bits per heavy atom. The lowest BCUT2D eigenvalue weighted by Crippen LogP contribution is -2.39. The van der Waals surface area contributed by atoms with Crippen molar-refractivity contribution in [2.24, 2.45) is 11.8 Å². The number of benzene rings is 1. The van der Waals surface area contributed by atoms with Crippen LogP contribution in [0.4, 0.5) is 0 Å². The number of hydrogen-bond donors (Lipinski definition) is 2. The quantitative estimate of drug-likeness (QED) is 0.219. The molecule has 202 valence electrons. The molecule has 1 aromatic heterocycles. The largest absolute Gasteiger partial charge is 0.461 e. The highest BCUT2D eigenvalue weighted by molar-refractivity contribution is 7.09. The van der Waals surface area contributed by atoms with Gasteiger partial charge in [0.2, 0.25) is 0 Å². The van der Waals surface area contributed by atoms with Crippen LogP contribution in [-0.4, -0.2) is 49.2 Å². The van der Waals surface area contributed by atoms with Crippen LogP contribution < -0.4 is 10.6 Å². The van der Waals surface area contributed by atoms with Crippen LogP contribution in [0.1, 0.15) is 60.8 Å². The van der Waals surface area contributed by atoms with E-state index < -0.39 is 0 Å². The maximum atomic E-state index is 13.2. The number of carbonyl (C=O) groups is 2. The highest BCUT2D eigenvalue weighted by Crippen LogP contribution is 2.28. The average Bonchev–Trinajstić information content (AvgIpc) is 3.38. The van der Waals surface area contributed by atoms with Crippen LogP contribution >= 0.6 is 11.3 Å². The van der Waals surface area contributed by atoms with E-state index in [0.717, 1.165) is 17.0 Å². The maximum absolute atomic E-state index is 13.2. The van der Waals surface area contributed by atoms with Crippen molar-refractivity contribution in [3.63, 3.8) is 0 Å². The van der Waals surface area contributed by atoms with Gasteiger partial charge in [-0.2, -0.15) is 0 Å². The van der Waals surface area contributed by atoms with Crippen molar-refractivity contribution in [2.75, 3.05) is 20.3 Å². The number of carbonyl (C=O) groups excluding carboxylic acids is 2.